The Hall–Kier alpha value is -2.98. The summed E-state index contributed by atoms with van der Waals surface area (Å²) in [5.41, 5.74) is 2.44. The van der Waals surface area contributed by atoms with E-state index in [2.05, 4.69) is 20.7 Å². The van der Waals surface area contributed by atoms with Crippen molar-refractivity contribution in [1.82, 2.24) is 14.8 Å². The van der Waals surface area contributed by atoms with E-state index in [1.54, 1.807) is 30.1 Å². The van der Waals surface area contributed by atoms with Gasteiger partial charge in [0.25, 0.3) is 0 Å². The normalized spacial score (nSPS) is 10.7. The Kier molecular flexibility index (Phi) is 8.35. The Morgan fingerprint density at radius 3 is 2.69 bits per heavy atom. The van der Waals surface area contributed by atoms with Crippen LogP contribution >= 0.6 is 46.8 Å². The molecule has 0 saturated carbocycles. The molecule has 2 heterocycles. The number of halogens is 2. The number of hydrogen-bond donors (Lipinski definition) is 2. The van der Waals surface area contributed by atoms with Gasteiger partial charge in [-0.3, -0.25) is 5.32 Å². The van der Waals surface area contributed by atoms with Crippen molar-refractivity contribution >= 4 is 68.8 Å². The number of nitrogens with one attached hydrogen (secondary N) is 2. The molecule has 35 heavy (non-hydrogen) atoms. The predicted molar refractivity (Wildman–Crippen MR) is 145 cm³/mol. The summed E-state index contributed by atoms with van der Waals surface area (Å²) in [6, 6.07) is 17.2. The van der Waals surface area contributed by atoms with Gasteiger partial charge < -0.3 is 10.1 Å². The van der Waals surface area contributed by atoms with Crippen LogP contribution in [0.4, 0.5) is 10.9 Å². The van der Waals surface area contributed by atoms with Gasteiger partial charge in [-0.05, 0) is 48.5 Å². The van der Waals surface area contributed by atoms with Gasteiger partial charge in [-0.1, -0.05) is 59.6 Å². The number of hydrogen-bond acceptors (Lipinski definition) is 6. The van der Waals surface area contributed by atoms with E-state index >= 15 is 0 Å². The van der Waals surface area contributed by atoms with Crippen molar-refractivity contribution in [3.8, 4) is 0 Å². The molecule has 4 aromatic rings. The number of ether oxygens (including phenoxy) is 1. The molecule has 0 unspecified atom stereocenters. The first-order valence-electron chi connectivity index (χ1n) is 10.7. The fourth-order valence-corrected chi connectivity index (χ4v) is 5.08. The second-order valence-electron chi connectivity index (χ2n) is 7.42. The minimum Gasteiger partial charge on any atom is -0.462 e. The van der Waals surface area contributed by atoms with Crippen LogP contribution in [0.2, 0.25) is 10.0 Å². The van der Waals surface area contributed by atoms with Gasteiger partial charge in [0.15, 0.2) is 5.11 Å². The molecule has 0 aliphatic carbocycles. The van der Waals surface area contributed by atoms with E-state index in [4.69, 9.17) is 40.2 Å². The highest BCUT2D eigenvalue weighted by Gasteiger charge is 2.19. The molecule has 0 atom stereocenters. The number of nitrogens with zero attached hydrogens (tertiary/aromatic N) is 3. The van der Waals surface area contributed by atoms with Crippen molar-refractivity contribution in [3.63, 3.8) is 0 Å². The number of thiophene rings is 1. The maximum atomic E-state index is 12.5. The van der Waals surface area contributed by atoms with Crippen molar-refractivity contribution in [2.45, 2.75) is 19.9 Å². The van der Waals surface area contributed by atoms with Gasteiger partial charge in [-0.2, -0.15) is 0 Å². The molecule has 180 valence electrons. The Morgan fingerprint density at radius 1 is 1.14 bits per heavy atom. The van der Waals surface area contributed by atoms with E-state index in [-0.39, 0.29) is 11.7 Å². The van der Waals surface area contributed by atoms with Crippen molar-refractivity contribution in [2.24, 2.45) is 0 Å². The number of aromatic nitrogens is 3. The Morgan fingerprint density at radius 2 is 1.94 bits per heavy atom. The molecule has 0 spiro atoms. The van der Waals surface area contributed by atoms with Gasteiger partial charge in [0, 0.05) is 21.3 Å². The second kappa shape index (κ2) is 11.6. The molecule has 11 heteroatoms. The van der Waals surface area contributed by atoms with E-state index in [9.17, 15) is 4.79 Å². The zero-order chi connectivity index (χ0) is 24.8. The van der Waals surface area contributed by atoms with E-state index in [1.807, 2.05) is 42.5 Å². The van der Waals surface area contributed by atoms with Crippen molar-refractivity contribution in [2.75, 3.05) is 17.2 Å². The van der Waals surface area contributed by atoms with Crippen LogP contribution in [-0.2, 0) is 17.7 Å². The summed E-state index contributed by atoms with van der Waals surface area (Å²) < 4.78 is 6.86. The first-order chi connectivity index (χ1) is 16.9. The van der Waals surface area contributed by atoms with Crippen LogP contribution in [0.3, 0.4) is 0 Å². The van der Waals surface area contributed by atoms with Crippen LogP contribution in [0.5, 0.6) is 0 Å². The first-order valence-corrected chi connectivity index (χ1v) is 12.6. The standard InChI is InChI=1S/C24H21Cl2N5O2S2/c1-2-33-22(32)19-12-18(10-15-6-4-3-5-7-15)35-21(19)28-24(34)29-23-27-14-31(30-23)13-16-8-9-17(25)11-20(16)26/h3-9,11-12,14H,2,10,13H2,1H3,(H2,28,29,30,34). The third-order valence-corrected chi connectivity index (χ3v) is 6.68. The summed E-state index contributed by atoms with van der Waals surface area (Å²) in [6.07, 6.45) is 2.27. The molecule has 4 rings (SSSR count). The molecule has 2 aromatic heterocycles. The molecule has 7 nitrogen and oxygen atoms in total. The van der Waals surface area contributed by atoms with Gasteiger partial charge in [0.05, 0.1) is 18.7 Å². The highest BCUT2D eigenvalue weighted by Crippen LogP contribution is 2.31. The van der Waals surface area contributed by atoms with Gasteiger partial charge in [-0.25, -0.2) is 14.5 Å². The predicted octanol–water partition coefficient (Wildman–Crippen LogP) is 6.27. The minimum absolute atomic E-state index is 0.255. The van der Waals surface area contributed by atoms with Crippen LogP contribution in [0.25, 0.3) is 0 Å². The molecule has 0 amide bonds. The van der Waals surface area contributed by atoms with Crippen LogP contribution < -0.4 is 10.6 Å². The van der Waals surface area contributed by atoms with Gasteiger partial charge >= 0.3 is 5.97 Å². The molecule has 0 fully saturated rings. The summed E-state index contributed by atoms with van der Waals surface area (Å²) in [6.45, 7) is 2.48. The summed E-state index contributed by atoms with van der Waals surface area (Å²) in [7, 11) is 0. The van der Waals surface area contributed by atoms with Gasteiger partial charge in [-0.15, -0.1) is 16.4 Å². The van der Waals surface area contributed by atoms with Gasteiger partial charge in [0.1, 0.15) is 11.3 Å². The fourth-order valence-electron chi connectivity index (χ4n) is 3.27. The summed E-state index contributed by atoms with van der Waals surface area (Å²) in [5.74, 6) is -0.0954. The maximum Gasteiger partial charge on any atom is 0.341 e. The van der Waals surface area contributed by atoms with Crippen molar-refractivity contribution < 1.29 is 9.53 Å². The average molecular weight is 547 g/mol. The number of thiocarbonyl (C=S) groups is 1. The molecule has 0 aliphatic heterocycles. The molecule has 2 N–H and O–H groups in total. The molecule has 0 radical (unpaired) electrons. The topological polar surface area (TPSA) is 81.1 Å². The zero-order valence-electron chi connectivity index (χ0n) is 18.6. The Bertz CT molecular complexity index is 1340. The van der Waals surface area contributed by atoms with Crippen LogP contribution in [0, 0.1) is 0 Å². The summed E-state index contributed by atoms with van der Waals surface area (Å²) >= 11 is 19.1. The largest absolute Gasteiger partial charge is 0.462 e. The minimum atomic E-state index is -0.407. The highest BCUT2D eigenvalue weighted by atomic mass is 35.5. The monoisotopic (exact) mass is 545 g/mol. The quantitative estimate of drug-likeness (QED) is 0.199. The third-order valence-electron chi connectivity index (χ3n) is 4.84. The van der Waals surface area contributed by atoms with E-state index in [1.165, 1.54) is 11.3 Å². The average Bonchev–Trinajstić information content (AvgIpc) is 3.43. The number of carbonyl (C=O) groups is 1. The molecular weight excluding hydrogens is 525 g/mol. The highest BCUT2D eigenvalue weighted by molar-refractivity contribution is 7.80. The van der Waals surface area contributed by atoms with E-state index in [0.29, 0.717) is 39.5 Å². The fraction of sp³-hybridized carbons (Fsp3) is 0.167. The number of anilines is 2. The van der Waals surface area contributed by atoms with Crippen LogP contribution in [0.1, 0.15) is 33.3 Å². The lowest BCUT2D eigenvalue weighted by atomic mass is 10.1. The number of carbonyl (C=O) groups excluding carboxylic acids is 1. The second-order valence-corrected chi connectivity index (χ2v) is 9.81. The lowest BCUT2D eigenvalue weighted by Gasteiger charge is -2.08. The SMILES string of the molecule is CCOC(=O)c1cc(Cc2ccccc2)sc1NC(=S)Nc1ncn(Cc2ccc(Cl)cc2Cl)n1. The third kappa shape index (κ3) is 6.79. The van der Waals surface area contributed by atoms with Crippen molar-refractivity contribution in [3.05, 3.63) is 92.5 Å². The zero-order valence-corrected chi connectivity index (χ0v) is 21.8. The molecule has 0 bridgehead atoms. The van der Waals surface area contributed by atoms with Crippen molar-refractivity contribution in [1.29, 1.82) is 0 Å². The summed E-state index contributed by atoms with van der Waals surface area (Å²) in [4.78, 5) is 17.8. The Labute approximate surface area is 222 Å². The number of benzene rings is 2. The molecular formula is C24H21Cl2N5O2S2. The van der Waals surface area contributed by atoms with Crippen LogP contribution in [0.15, 0.2) is 60.9 Å². The lowest BCUT2D eigenvalue weighted by Crippen LogP contribution is -2.21. The van der Waals surface area contributed by atoms with E-state index < -0.39 is 5.97 Å². The number of esters is 1. The van der Waals surface area contributed by atoms with E-state index in [0.717, 1.165) is 16.0 Å². The molecule has 0 aliphatic rings. The molecule has 2 aromatic carbocycles. The smallest absolute Gasteiger partial charge is 0.341 e. The number of rotatable bonds is 8. The lowest BCUT2D eigenvalue weighted by molar-refractivity contribution is 0.0528. The summed E-state index contributed by atoms with van der Waals surface area (Å²) in [5, 5.41) is 12.4. The maximum absolute atomic E-state index is 12.5. The molecule has 0 saturated heterocycles. The Balaban J connectivity index is 1.44. The van der Waals surface area contributed by atoms with Crippen LogP contribution in [-0.4, -0.2) is 32.5 Å². The first kappa shape index (κ1) is 25.1. The van der Waals surface area contributed by atoms with Gasteiger partial charge in [0.2, 0.25) is 5.95 Å².